The molecule has 0 saturated carbocycles. The third-order valence-corrected chi connectivity index (χ3v) is 6.32. The molecule has 0 amide bonds. The minimum Gasteiger partial charge on any atom is -0.454 e. The van der Waals surface area contributed by atoms with Crippen molar-refractivity contribution in [3.05, 3.63) is 23.8 Å². The van der Waals surface area contributed by atoms with Gasteiger partial charge in [0, 0.05) is 40.3 Å². The number of benzene rings is 1. The lowest BCUT2D eigenvalue weighted by Gasteiger charge is -2.31. The summed E-state index contributed by atoms with van der Waals surface area (Å²) >= 11 is 0. The lowest BCUT2D eigenvalue weighted by molar-refractivity contribution is 0.174. The van der Waals surface area contributed by atoms with Gasteiger partial charge < -0.3 is 19.7 Å². The average molecular weight is 397 g/mol. The van der Waals surface area contributed by atoms with Gasteiger partial charge in [-0.3, -0.25) is 4.99 Å². The zero-order chi connectivity index (χ0) is 19.4. The molecule has 1 N–H and O–H groups in total. The number of piperidine rings is 1. The van der Waals surface area contributed by atoms with Crippen molar-refractivity contribution < 1.29 is 17.9 Å². The molecule has 0 atom stereocenters. The van der Waals surface area contributed by atoms with Gasteiger partial charge in [-0.15, -0.1) is 0 Å². The highest BCUT2D eigenvalue weighted by atomic mass is 32.2. The van der Waals surface area contributed by atoms with E-state index in [0.717, 1.165) is 42.4 Å². The zero-order valence-corrected chi connectivity index (χ0v) is 17.0. The molecule has 2 heterocycles. The second kappa shape index (κ2) is 8.35. The predicted molar refractivity (Wildman–Crippen MR) is 105 cm³/mol. The largest absolute Gasteiger partial charge is 0.454 e. The first-order valence-electron chi connectivity index (χ1n) is 9.12. The standard InChI is InChI=1S/C18H28N4O4S/c1-19-18(20-11-14-6-8-22(9-7-14)27(3,23)24)21(2)12-15-4-5-16-17(10-15)26-13-25-16/h4-5,10,14H,6-9,11-13H2,1-3H3,(H,19,20). The number of nitrogens with zero attached hydrogens (tertiary/aromatic N) is 3. The number of fused-ring (bicyclic) bond motifs is 1. The maximum atomic E-state index is 11.6. The predicted octanol–water partition coefficient (Wildman–Crippen LogP) is 1.09. The van der Waals surface area contributed by atoms with Crippen LogP contribution in [0.15, 0.2) is 23.2 Å². The first kappa shape index (κ1) is 19.8. The molecule has 1 saturated heterocycles. The molecule has 0 radical (unpaired) electrons. The Morgan fingerprint density at radius 1 is 1.30 bits per heavy atom. The molecule has 0 bridgehead atoms. The van der Waals surface area contributed by atoms with Gasteiger partial charge in [0.2, 0.25) is 16.8 Å². The molecule has 2 aliphatic rings. The van der Waals surface area contributed by atoms with Crippen LogP contribution < -0.4 is 14.8 Å². The van der Waals surface area contributed by atoms with E-state index in [-0.39, 0.29) is 6.79 Å². The Kier molecular flexibility index (Phi) is 6.11. The highest BCUT2D eigenvalue weighted by Crippen LogP contribution is 2.32. The number of rotatable bonds is 5. The lowest BCUT2D eigenvalue weighted by atomic mass is 9.98. The van der Waals surface area contributed by atoms with Gasteiger partial charge in [-0.1, -0.05) is 6.07 Å². The lowest BCUT2D eigenvalue weighted by Crippen LogP contribution is -2.44. The highest BCUT2D eigenvalue weighted by molar-refractivity contribution is 7.88. The second-order valence-corrected chi connectivity index (χ2v) is 9.06. The van der Waals surface area contributed by atoms with Crippen molar-refractivity contribution in [1.82, 2.24) is 14.5 Å². The van der Waals surface area contributed by atoms with Crippen LogP contribution in [0.5, 0.6) is 11.5 Å². The Bertz CT molecular complexity index is 789. The molecule has 0 spiro atoms. The van der Waals surface area contributed by atoms with E-state index in [9.17, 15) is 8.42 Å². The van der Waals surface area contributed by atoms with Crippen LogP contribution in [-0.4, -0.2) is 70.4 Å². The summed E-state index contributed by atoms with van der Waals surface area (Å²) < 4.78 is 35.6. The number of guanidine groups is 1. The quantitative estimate of drug-likeness (QED) is 0.593. The fraction of sp³-hybridized carbons (Fsp3) is 0.611. The van der Waals surface area contributed by atoms with E-state index in [1.54, 1.807) is 11.4 Å². The summed E-state index contributed by atoms with van der Waals surface area (Å²) in [6.07, 6.45) is 3.00. The van der Waals surface area contributed by atoms with Crippen molar-refractivity contribution in [2.75, 3.05) is 46.8 Å². The Labute approximate surface area is 161 Å². The molecular weight excluding hydrogens is 368 g/mol. The number of hydrogen-bond acceptors (Lipinski definition) is 5. The van der Waals surface area contributed by atoms with E-state index < -0.39 is 10.0 Å². The smallest absolute Gasteiger partial charge is 0.231 e. The Hall–Kier alpha value is -2.00. The third-order valence-electron chi connectivity index (χ3n) is 5.02. The molecule has 0 aromatic heterocycles. The Balaban J connectivity index is 1.49. The van der Waals surface area contributed by atoms with Crippen molar-refractivity contribution in [1.29, 1.82) is 0 Å². The number of hydrogen-bond donors (Lipinski definition) is 1. The minimum atomic E-state index is -3.08. The van der Waals surface area contributed by atoms with Gasteiger partial charge in [-0.25, -0.2) is 12.7 Å². The van der Waals surface area contributed by atoms with Crippen LogP contribution in [0.4, 0.5) is 0 Å². The summed E-state index contributed by atoms with van der Waals surface area (Å²) in [6.45, 7) is 2.95. The molecule has 1 aromatic rings. The third kappa shape index (κ3) is 5.04. The van der Waals surface area contributed by atoms with E-state index in [2.05, 4.69) is 15.2 Å². The van der Waals surface area contributed by atoms with Gasteiger partial charge in [0.1, 0.15) is 0 Å². The fourth-order valence-corrected chi connectivity index (χ4v) is 4.33. The first-order chi connectivity index (χ1) is 12.9. The van der Waals surface area contributed by atoms with Gasteiger partial charge in [0.25, 0.3) is 0 Å². The first-order valence-corrected chi connectivity index (χ1v) is 11.0. The number of ether oxygens (including phenoxy) is 2. The number of aliphatic imine (C=N–C) groups is 1. The van der Waals surface area contributed by atoms with Crippen molar-refractivity contribution in [3.8, 4) is 11.5 Å². The molecule has 150 valence electrons. The van der Waals surface area contributed by atoms with Crippen LogP contribution in [0.1, 0.15) is 18.4 Å². The summed E-state index contributed by atoms with van der Waals surface area (Å²) in [6, 6.07) is 5.95. The van der Waals surface area contributed by atoms with Crippen molar-refractivity contribution in [2.45, 2.75) is 19.4 Å². The Morgan fingerprint density at radius 2 is 2.00 bits per heavy atom. The summed E-state index contributed by atoms with van der Waals surface area (Å²) in [5.74, 6) is 2.82. The van der Waals surface area contributed by atoms with Gasteiger partial charge in [0.15, 0.2) is 17.5 Å². The summed E-state index contributed by atoms with van der Waals surface area (Å²) in [7, 11) is 0.685. The minimum absolute atomic E-state index is 0.274. The molecular formula is C18H28N4O4S. The van der Waals surface area contributed by atoms with E-state index in [1.165, 1.54) is 6.26 Å². The summed E-state index contributed by atoms with van der Waals surface area (Å²) in [5.41, 5.74) is 1.12. The van der Waals surface area contributed by atoms with Gasteiger partial charge >= 0.3 is 0 Å². The van der Waals surface area contributed by atoms with E-state index in [1.807, 2.05) is 25.2 Å². The van der Waals surface area contributed by atoms with Crippen LogP contribution in [0.2, 0.25) is 0 Å². The van der Waals surface area contributed by atoms with Crippen molar-refractivity contribution in [3.63, 3.8) is 0 Å². The molecule has 8 nitrogen and oxygen atoms in total. The number of nitrogens with one attached hydrogen (secondary N) is 1. The van der Waals surface area contributed by atoms with Gasteiger partial charge in [0.05, 0.1) is 6.26 Å². The van der Waals surface area contributed by atoms with Crippen LogP contribution in [0.25, 0.3) is 0 Å². The SMILES string of the molecule is CN=C(NCC1CCN(S(C)(=O)=O)CC1)N(C)Cc1ccc2c(c1)OCO2. The Morgan fingerprint density at radius 3 is 2.67 bits per heavy atom. The average Bonchev–Trinajstić information content (AvgIpc) is 3.09. The van der Waals surface area contributed by atoms with E-state index in [4.69, 9.17) is 9.47 Å². The molecule has 0 aliphatic carbocycles. The van der Waals surface area contributed by atoms with Gasteiger partial charge in [-0.05, 0) is 36.5 Å². The molecule has 0 unspecified atom stereocenters. The van der Waals surface area contributed by atoms with E-state index in [0.29, 0.717) is 25.6 Å². The molecule has 2 aliphatic heterocycles. The highest BCUT2D eigenvalue weighted by Gasteiger charge is 2.25. The summed E-state index contributed by atoms with van der Waals surface area (Å²) in [5, 5.41) is 3.42. The summed E-state index contributed by atoms with van der Waals surface area (Å²) in [4.78, 5) is 6.42. The maximum Gasteiger partial charge on any atom is 0.231 e. The fourth-order valence-electron chi connectivity index (χ4n) is 3.45. The van der Waals surface area contributed by atoms with Gasteiger partial charge in [-0.2, -0.15) is 0 Å². The molecule has 27 heavy (non-hydrogen) atoms. The molecule has 3 rings (SSSR count). The molecule has 1 fully saturated rings. The van der Waals surface area contributed by atoms with Crippen LogP contribution >= 0.6 is 0 Å². The monoisotopic (exact) mass is 396 g/mol. The molecule has 1 aromatic carbocycles. The molecule has 9 heteroatoms. The van der Waals surface area contributed by atoms with Crippen molar-refractivity contribution in [2.24, 2.45) is 10.9 Å². The van der Waals surface area contributed by atoms with Crippen LogP contribution in [0.3, 0.4) is 0 Å². The second-order valence-electron chi connectivity index (χ2n) is 7.08. The van der Waals surface area contributed by atoms with Crippen molar-refractivity contribution >= 4 is 16.0 Å². The normalized spacial score (nSPS) is 18.6. The number of sulfonamides is 1. The maximum absolute atomic E-state index is 11.6. The van der Waals surface area contributed by atoms with Crippen LogP contribution in [0, 0.1) is 5.92 Å². The topological polar surface area (TPSA) is 83.5 Å². The van der Waals surface area contributed by atoms with Crippen LogP contribution in [-0.2, 0) is 16.6 Å². The van der Waals surface area contributed by atoms with E-state index >= 15 is 0 Å². The zero-order valence-electron chi connectivity index (χ0n) is 16.1.